The fraction of sp³-hybridized carbons (Fsp3) is 0.429. The summed E-state index contributed by atoms with van der Waals surface area (Å²) in [5.74, 6) is 0.814. The van der Waals surface area contributed by atoms with Crippen molar-refractivity contribution in [3.63, 3.8) is 0 Å². The van der Waals surface area contributed by atoms with Crippen LogP contribution in [0.2, 0.25) is 0 Å². The number of rotatable bonds is 2. The zero-order valence-electron chi connectivity index (χ0n) is 9.86. The van der Waals surface area contributed by atoms with Gasteiger partial charge in [0.05, 0.1) is 31.1 Å². The third kappa shape index (κ3) is 1.85. The van der Waals surface area contributed by atoms with Crippen LogP contribution >= 0.6 is 0 Å². The van der Waals surface area contributed by atoms with Gasteiger partial charge in [-0.05, 0) is 42.5 Å². The van der Waals surface area contributed by atoms with Gasteiger partial charge in [0.1, 0.15) is 5.75 Å². The zero-order chi connectivity index (χ0) is 12.3. The number of aryl methyl sites for hydroxylation is 1. The molecule has 3 heteroatoms. The van der Waals surface area contributed by atoms with Crippen molar-refractivity contribution < 1.29 is 4.74 Å². The Morgan fingerprint density at radius 3 is 2.88 bits per heavy atom. The molecule has 3 nitrogen and oxygen atoms in total. The molecule has 0 saturated carbocycles. The van der Waals surface area contributed by atoms with Crippen molar-refractivity contribution in [2.24, 2.45) is 0 Å². The van der Waals surface area contributed by atoms with Crippen molar-refractivity contribution in [1.82, 2.24) is 0 Å². The van der Waals surface area contributed by atoms with Crippen LogP contribution in [0.1, 0.15) is 30.4 Å². The van der Waals surface area contributed by atoms with E-state index in [2.05, 4.69) is 12.1 Å². The van der Waals surface area contributed by atoms with E-state index in [4.69, 9.17) is 10.00 Å². The third-order valence-corrected chi connectivity index (χ3v) is 3.47. The molecule has 0 fully saturated rings. The summed E-state index contributed by atoms with van der Waals surface area (Å²) in [6, 6.07) is 10.3. The summed E-state index contributed by atoms with van der Waals surface area (Å²) in [5, 5.41) is 18.3. The Labute approximate surface area is 101 Å². The first kappa shape index (κ1) is 11.5. The topological polar surface area (TPSA) is 56.8 Å². The highest BCUT2D eigenvalue weighted by molar-refractivity contribution is 5.46. The van der Waals surface area contributed by atoms with Gasteiger partial charge in [-0.3, -0.25) is 0 Å². The predicted molar refractivity (Wildman–Crippen MR) is 63.5 cm³/mol. The standard InChI is InChI=1S/C14H14N2O/c1-17-12-4-5-13-11(9-12)3-2-6-14(13,10-16)7-8-15/h4-5,9H,2-3,6-7H2,1H3/t14-/m0/s1. The van der Waals surface area contributed by atoms with E-state index in [0.29, 0.717) is 0 Å². The Hall–Kier alpha value is -2.00. The van der Waals surface area contributed by atoms with Crippen LogP contribution in [0.4, 0.5) is 0 Å². The van der Waals surface area contributed by atoms with Gasteiger partial charge in [-0.15, -0.1) is 0 Å². The molecule has 1 atom stereocenters. The van der Waals surface area contributed by atoms with Gasteiger partial charge in [0.2, 0.25) is 0 Å². The van der Waals surface area contributed by atoms with Crippen LogP contribution in [-0.4, -0.2) is 7.11 Å². The minimum atomic E-state index is -0.616. The summed E-state index contributed by atoms with van der Waals surface area (Å²) in [7, 11) is 1.64. The molecule has 0 bridgehead atoms. The van der Waals surface area contributed by atoms with Gasteiger partial charge in [0.15, 0.2) is 0 Å². The number of hydrogen-bond donors (Lipinski definition) is 0. The van der Waals surface area contributed by atoms with Crippen molar-refractivity contribution in [1.29, 1.82) is 10.5 Å². The van der Waals surface area contributed by atoms with E-state index in [9.17, 15) is 5.26 Å². The Morgan fingerprint density at radius 1 is 1.41 bits per heavy atom. The molecule has 0 N–H and O–H groups in total. The summed E-state index contributed by atoms with van der Waals surface area (Å²) < 4.78 is 5.19. The van der Waals surface area contributed by atoms with Crippen LogP contribution in [0, 0.1) is 22.7 Å². The quantitative estimate of drug-likeness (QED) is 0.779. The predicted octanol–water partition coefficient (Wildman–Crippen LogP) is 2.71. The lowest BCUT2D eigenvalue weighted by Crippen LogP contribution is -2.28. The van der Waals surface area contributed by atoms with Crippen molar-refractivity contribution in [2.75, 3.05) is 7.11 Å². The molecule has 0 radical (unpaired) electrons. The van der Waals surface area contributed by atoms with Gasteiger partial charge in [-0.1, -0.05) is 6.07 Å². The SMILES string of the molecule is COc1ccc2c(c1)CCC[C@@]2(C#N)CC#N. The summed E-state index contributed by atoms with van der Waals surface area (Å²) in [5.41, 5.74) is 1.54. The average molecular weight is 226 g/mol. The van der Waals surface area contributed by atoms with E-state index in [1.54, 1.807) is 7.11 Å². The third-order valence-electron chi connectivity index (χ3n) is 3.47. The molecular formula is C14H14N2O. The molecule has 0 unspecified atom stereocenters. The van der Waals surface area contributed by atoms with Crippen molar-refractivity contribution in [3.8, 4) is 17.9 Å². The van der Waals surface area contributed by atoms with Gasteiger partial charge in [-0.25, -0.2) is 0 Å². The number of nitrogens with zero attached hydrogens (tertiary/aromatic N) is 2. The van der Waals surface area contributed by atoms with E-state index in [0.717, 1.165) is 36.1 Å². The lowest BCUT2D eigenvalue weighted by atomic mass is 9.69. The highest BCUT2D eigenvalue weighted by Crippen LogP contribution is 2.40. The Morgan fingerprint density at radius 2 is 2.24 bits per heavy atom. The molecule has 0 aromatic heterocycles. The van der Waals surface area contributed by atoms with Crippen LogP contribution in [0.5, 0.6) is 5.75 Å². The molecule has 0 saturated heterocycles. The lowest BCUT2D eigenvalue weighted by Gasteiger charge is -2.31. The number of fused-ring (bicyclic) bond motifs is 1. The van der Waals surface area contributed by atoms with E-state index in [-0.39, 0.29) is 6.42 Å². The molecule has 17 heavy (non-hydrogen) atoms. The van der Waals surface area contributed by atoms with Gasteiger partial charge in [0, 0.05) is 0 Å². The normalized spacial score (nSPS) is 22.1. The summed E-state index contributed by atoms with van der Waals surface area (Å²) in [4.78, 5) is 0. The van der Waals surface area contributed by atoms with Crippen LogP contribution in [0.15, 0.2) is 18.2 Å². The number of ether oxygens (including phenoxy) is 1. The molecule has 1 aromatic rings. The monoisotopic (exact) mass is 226 g/mol. The smallest absolute Gasteiger partial charge is 0.119 e. The van der Waals surface area contributed by atoms with Gasteiger partial charge in [-0.2, -0.15) is 10.5 Å². The highest BCUT2D eigenvalue weighted by Gasteiger charge is 2.36. The number of nitriles is 2. The van der Waals surface area contributed by atoms with Crippen LogP contribution in [0.25, 0.3) is 0 Å². The first-order chi connectivity index (χ1) is 8.25. The summed E-state index contributed by atoms with van der Waals surface area (Å²) >= 11 is 0. The van der Waals surface area contributed by atoms with Gasteiger partial charge in [0.25, 0.3) is 0 Å². The Bertz CT molecular complexity index is 510. The summed E-state index contributed by atoms with van der Waals surface area (Å²) in [6.07, 6.45) is 2.95. The Balaban J connectivity index is 2.52. The second-order valence-corrected chi connectivity index (χ2v) is 4.41. The minimum Gasteiger partial charge on any atom is -0.497 e. The number of hydrogen-bond acceptors (Lipinski definition) is 3. The van der Waals surface area contributed by atoms with E-state index in [1.807, 2.05) is 18.2 Å². The van der Waals surface area contributed by atoms with Crippen LogP contribution in [0.3, 0.4) is 0 Å². The molecule has 0 amide bonds. The van der Waals surface area contributed by atoms with E-state index >= 15 is 0 Å². The lowest BCUT2D eigenvalue weighted by molar-refractivity contribution is 0.410. The molecule has 1 aromatic carbocycles. The highest BCUT2D eigenvalue weighted by atomic mass is 16.5. The van der Waals surface area contributed by atoms with E-state index in [1.165, 1.54) is 0 Å². The molecular weight excluding hydrogens is 212 g/mol. The molecule has 1 aliphatic carbocycles. The zero-order valence-corrected chi connectivity index (χ0v) is 9.86. The number of methoxy groups -OCH3 is 1. The van der Waals surface area contributed by atoms with Gasteiger partial charge >= 0.3 is 0 Å². The molecule has 0 heterocycles. The van der Waals surface area contributed by atoms with Crippen molar-refractivity contribution in [3.05, 3.63) is 29.3 Å². The van der Waals surface area contributed by atoms with E-state index < -0.39 is 5.41 Å². The first-order valence-corrected chi connectivity index (χ1v) is 5.71. The molecule has 1 aliphatic rings. The Kier molecular flexibility index (Phi) is 3.02. The molecule has 0 spiro atoms. The van der Waals surface area contributed by atoms with Crippen molar-refractivity contribution in [2.45, 2.75) is 31.1 Å². The average Bonchev–Trinajstić information content (AvgIpc) is 2.38. The molecule has 86 valence electrons. The maximum absolute atomic E-state index is 9.41. The first-order valence-electron chi connectivity index (χ1n) is 5.71. The van der Waals surface area contributed by atoms with Crippen molar-refractivity contribution >= 4 is 0 Å². The maximum atomic E-state index is 9.41. The molecule has 0 aliphatic heterocycles. The number of benzene rings is 1. The fourth-order valence-corrected chi connectivity index (χ4v) is 2.56. The maximum Gasteiger partial charge on any atom is 0.119 e. The second-order valence-electron chi connectivity index (χ2n) is 4.41. The van der Waals surface area contributed by atoms with Crippen LogP contribution < -0.4 is 4.74 Å². The van der Waals surface area contributed by atoms with Crippen LogP contribution in [-0.2, 0) is 11.8 Å². The largest absolute Gasteiger partial charge is 0.497 e. The fourth-order valence-electron chi connectivity index (χ4n) is 2.56. The minimum absolute atomic E-state index is 0.267. The molecule has 2 rings (SSSR count). The summed E-state index contributed by atoms with van der Waals surface area (Å²) in [6.45, 7) is 0. The van der Waals surface area contributed by atoms with Gasteiger partial charge < -0.3 is 4.74 Å². The second kappa shape index (κ2) is 4.47.